The standard InChI is InChI=1S/C21H19F3N6O3S/c1-34(32,33)30-20-12(3-2-6-25-20)10-26-17-9-18(27-11-15(17)21(22,23)24)28-14-4-5-16-13(7-14)8-19(31)29-16/h2-7,9,11H,8,10H2,1H3,(H,25,30)(H,29,31)(H2,26,27,28). The molecular formula is C21H19F3N6O3S. The van der Waals surface area contributed by atoms with E-state index in [0.29, 0.717) is 23.1 Å². The lowest BCUT2D eigenvalue weighted by atomic mass is 10.1. The summed E-state index contributed by atoms with van der Waals surface area (Å²) < 4.78 is 66.1. The minimum Gasteiger partial charge on any atom is -0.380 e. The van der Waals surface area contributed by atoms with E-state index < -0.39 is 21.8 Å². The molecular weight excluding hydrogens is 473 g/mol. The van der Waals surface area contributed by atoms with Crippen LogP contribution < -0.4 is 20.7 Å². The summed E-state index contributed by atoms with van der Waals surface area (Å²) in [5.41, 5.74) is 1.12. The summed E-state index contributed by atoms with van der Waals surface area (Å²) in [6, 6.07) is 9.39. The predicted molar refractivity (Wildman–Crippen MR) is 121 cm³/mol. The smallest absolute Gasteiger partial charge is 0.380 e. The number of sulfonamides is 1. The van der Waals surface area contributed by atoms with E-state index in [1.807, 2.05) is 0 Å². The molecule has 3 aromatic rings. The molecule has 4 rings (SSSR count). The third-order valence-corrected chi connectivity index (χ3v) is 5.42. The number of hydrogen-bond acceptors (Lipinski definition) is 7. The zero-order valence-electron chi connectivity index (χ0n) is 17.7. The molecule has 0 saturated heterocycles. The van der Waals surface area contributed by atoms with Crippen molar-refractivity contribution in [1.29, 1.82) is 0 Å². The van der Waals surface area contributed by atoms with Crippen LogP contribution in [0.15, 0.2) is 48.8 Å². The Morgan fingerprint density at radius 2 is 1.94 bits per heavy atom. The fourth-order valence-corrected chi connectivity index (χ4v) is 3.93. The van der Waals surface area contributed by atoms with E-state index in [-0.39, 0.29) is 36.2 Å². The average Bonchev–Trinajstić information content (AvgIpc) is 3.10. The number of amides is 1. The summed E-state index contributed by atoms with van der Waals surface area (Å²) in [7, 11) is -3.63. The third kappa shape index (κ3) is 5.54. The molecule has 1 amide bonds. The maximum Gasteiger partial charge on any atom is 0.419 e. The summed E-state index contributed by atoms with van der Waals surface area (Å²) in [6.07, 6.45) is -1.43. The van der Waals surface area contributed by atoms with Crippen LogP contribution in [0.4, 0.5) is 41.9 Å². The van der Waals surface area contributed by atoms with Gasteiger partial charge in [0.1, 0.15) is 11.6 Å². The van der Waals surface area contributed by atoms with Crippen LogP contribution in [0.5, 0.6) is 0 Å². The quantitative estimate of drug-likeness (QED) is 0.396. The Morgan fingerprint density at radius 1 is 1.15 bits per heavy atom. The Kier molecular flexibility index (Phi) is 6.04. The van der Waals surface area contributed by atoms with Gasteiger partial charge in [-0.15, -0.1) is 0 Å². The molecule has 0 bridgehead atoms. The minimum absolute atomic E-state index is 0.0137. The van der Waals surface area contributed by atoms with Crippen LogP contribution in [0.3, 0.4) is 0 Å². The van der Waals surface area contributed by atoms with Crippen LogP contribution in [-0.2, 0) is 34.0 Å². The second kappa shape index (κ2) is 8.82. The lowest BCUT2D eigenvalue weighted by Crippen LogP contribution is -2.15. The second-order valence-electron chi connectivity index (χ2n) is 7.57. The van der Waals surface area contributed by atoms with Crippen molar-refractivity contribution in [2.45, 2.75) is 19.1 Å². The summed E-state index contributed by atoms with van der Waals surface area (Å²) in [6.45, 7) is -0.134. The van der Waals surface area contributed by atoms with Crippen LogP contribution >= 0.6 is 0 Å². The molecule has 0 aliphatic carbocycles. The number of hydrogen-bond donors (Lipinski definition) is 4. The number of carbonyl (C=O) groups excluding carboxylic acids is 1. The van der Waals surface area contributed by atoms with Crippen molar-refractivity contribution in [3.8, 4) is 0 Å². The third-order valence-electron chi connectivity index (χ3n) is 4.85. The number of aromatic nitrogens is 2. The second-order valence-corrected chi connectivity index (χ2v) is 9.32. The van der Waals surface area contributed by atoms with Crippen molar-refractivity contribution in [2.75, 3.05) is 26.9 Å². The number of benzene rings is 1. The highest BCUT2D eigenvalue weighted by Gasteiger charge is 2.34. The lowest BCUT2D eigenvalue weighted by molar-refractivity contribution is -0.137. The fraction of sp³-hybridized carbons (Fsp3) is 0.190. The maximum absolute atomic E-state index is 13.6. The van der Waals surface area contributed by atoms with Crippen molar-refractivity contribution in [2.24, 2.45) is 0 Å². The first-order valence-corrected chi connectivity index (χ1v) is 11.8. The van der Waals surface area contributed by atoms with Crippen LogP contribution in [0.1, 0.15) is 16.7 Å². The average molecular weight is 492 g/mol. The molecule has 0 unspecified atom stereocenters. The molecule has 34 heavy (non-hydrogen) atoms. The van der Waals surface area contributed by atoms with Gasteiger partial charge in [0.05, 0.1) is 23.9 Å². The van der Waals surface area contributed by atoms with Crippen molar-refractivity contribution < 1.29 is 26.4 Å². The van der Waals surface area contributed by atoms with Crippen LogP contribution in [0.2, 0.25) is 0 Å². The van der Waals surface area contributed by atoms with Gasteiger partial charge in [-0.1, -0.05) is 6.07 Å². The number of nitrogens with one attached hydrogen (secondary N) is 4. The number of halogens is 3. The van der Waals surface area contributed by atoms with Crippen molar-refractivity contribution in [1.82, 2.24) is 9.97 Å². The topological polar surface area (TPSA) is 125 Å². The Balaban J connectivity index is 1.59. The lowest BCUT2D eigenvalue weighted by Gasteiger charge is -2.17. The molecule has 2 aromatic heterocycles. The van der Waals surface area contributed by atoms with Crippen LogP contribution in [0, 0.1) is 0 Å². The molecule has 0 spiro atoms. The van der Waals surface area contributed by atoms with E-state index in [1.165, 1.54) is 12.3 Å². The molecule has 9 nitrogen and oxygen atoms in total. The van der Waals surface area contributed by atoms with Gasteiger partial charge in [-0.05, 0) is 29.8 Å². The molecule has 1 aromatic carbocycles. The van der Waals surface area contributed by atoms with Gasteiger partial charge in [0, 0.05) is 41.9 Å². The molecule has 0 radical (unpaired) electrons. The van der Waals surface area contributed by atoms with E-state index in [4.69, 9.17) is 0 Å². The van der Waals surface area contributed by atoms with Gasteiger partial charge in [0.25, 0.3) is 0 Å². The van der Waals surface area contributed by atoms with E-state index in [9.17, 15) is 26.4 Å². The summed E-state index contributed by atoms with van der Waals surface area (Å²) in [4.78, 5) is 19.4. The van der Waals surface area contributed by atoms with Crippen LogP contribution in [0.25, 0.3) is 0 Å². The van der Waals surface area contributed by atoms with Crippen LogP contribution in [-0.4, -0.2) is 30.5 Å². The van der Waals surface area contributed by atoms with Crippen molar-refractivity contribution in [3.05, 3.63) is 65.5 Å². The molecule has 0 fully saturated rings. The molecule has 4 N–H and O–H groups in total. The normalized spacial score (nSPS) is 13.2. The van der Waals surface area contributed by atoms with Crippen molar-refractivity contribution >= 4 is 44.6 Å². The number of alkyl halides is 3. The summed E-state index contributed by atoms with van der Waals surface area (Å²) in [5, 5.41) is 8.36. The number of pyridine rings is 2. The first kappa shape index (κ1) is 23.3. The Hall–Kier alpha value is -3.87. The molecule has 13 heteroatoms. The number of fused-ring (bicyclic) bond motifs is 1. The molecule has 0 saturated carbocycles. The zero-order valence-corrected chi connectivity index (χ0v) is 18.5. The van der Waals surface area contributed by atoms with E-state index in [2.05, 4.69) is 30.6 Å². The van der Waals surface area contributed by atoms with Gasteiger partial charge in [-0.2, -0.15) is 13.2 Å². The molecule has 1 aliphatic heterocycles. The molecule has 1 aliphatic rings. The van der Waals surface area contributed by atoms with E-state index in [0.717, 1.165) is 11.8 Å². The van der Waals surface area contributed by atoms with E-state index in [1.54, 1.807) is 30.3 Å². The summed E-state index contributed by atoms with van der Waals surface area (Å²) in [5.74, 6) is 0.0274. The highest BCUT2D eigenvalue weighted by molar-refractivity contribution is 7.92. The van der Waals surface area contributed by atoms with E-state index >= 15 is 0 Å². The highest BCUT2D eigenvalue weighted by atomic mass is 32.2. The number of carbonyl (C=O) groups is 1. The predicted octanol–water partition coefficient (Wildman–Crippen LogP) is 3.72. The first-order valence-electron chi connectivity index (χ1n) is 9.90. The summed E-state index contributed by atoms with van der Waals surface area (Å²) >= 11 is 0. The Labute approximate surface area is 192 Å². The van der Waals surface area contributed by atoms with Gasteiger partial charge in [-0.25, -0.2) is 18.4 Å². The highest BCUT2D eigenvalue weighted by Crippen LogP contribution is 2.36. The Bertz CT molecular complexity index is 1360. The number of nitrogens with zero attached hydrogens (tertiary/aromatic N) is 2. The first-order chi connectivity index (χ1) is 16.0. The zero-order chi connectivity index (χ0) is 24.5. The van der Waals surface area contributed by atoms with Gasteiger partial charge in [0.15, 0.2) is 0 Å². The molecule has 178 valence electrons. The van der Waals surface area contributed by atoms with Crippen molar-refractivity contribution in [3.63, 3.8) is 0 Å². The fourth-order valence-electron chi connectivity index (χ4n) is 3.39. The minimum atomic E-state index is -4.67. The number of anilines is 5. The molecule has 0 atom stereocenters. The SMILES string of the molecule is CS(=O)(=O)Nc1ncccc1CNc1cc(Nc2ccc3c(c2)CC(=O)N3)ncc1C(F)(F)F. The molecule has 3 heterocycles. The maximum atomic E-state index is 13.6. The monoisotopic (exact) mass is 492 g/mol. The van der Waals surface area contributed by atoms with Gasteiger partial charge in [0.2, 0.25) is 15.9 Å². The Morgan fingerprint density at radius 3 is 2.68 bits per heavy atom. The van der Waals surface area contributed by atoms with Gasteiger partial charge < -0.3 is 16.0 Å². The number of rotatable bonds is 7. The van der Waals surface area contributed by atoms with Gasteiger partial charge in [-0.3, -0.25) is 9.52 Å². The largest absolute Gasteiger partial charge is 0.419 e. The van der Waals surface area contributed by atoms with Gasteiger partial charge >= 0.3 is 6.18 Å².